The van der Waals surface area contributed by atoms with Crippen molar-refractivity contribution in [3.05, 3.63) is 28.2 Å². The van der Waals surface area contributed by atoms with Gasteiger partial charge < -0.3 is 11.1 Å². The second kappa shape index (κ2) is 8.38. The fraction of sp³-hybridized carbons (Fsp3) is 0.533. The molecule has 0 bridgehead atoms. The Bertz CT molecular complexity index is 668. The van der Waals surface area contributed by atoms with E-state index >= 15 is 0 Å². The molecule has 1 fully saturated rings. The van der Waals surface area contributed by atoms with Crippen LogP contribution < -0.4 is 15.8 Å². The van der Waals surface area contributed by atoms with Gasteiger partial charge in [0.25, 0.3) is 0 Å². The van der Waals surface area contributed by atoms with Crippen molar-refractivity contribution >= 4 is 39.2 Å². The van der Waals surface area contributed by atoms with E-state index in [1.807, 2.05) is 0 Å². The van der Waals surface area contributed by atoms with Gasteiger partial charge in [0.1, 0.15) is 0 Å². The molecule has 1 aliphatic carbocycles. The van der Waals surface area contributed by atoms with Crippen molar-refractivity contribution in [2.45, 2.75) is 30.6 Å². The molecule has 0 aromatic heterocycles. The van der Waals surface area contributed by atoms with E-state index in [2.05, 4.69) is 10.0 Å². The molecule has 0 atom stereocenters. The summed E-state index contributed by atoms with van der Waals surface area (Å²) in [5.41, 5.74) is 5.29. The van der Waals surface area contributed by atoms with Gasteiger partial charge in [-0.3, -0.25) is 5.41 Å². The fourth-order valence-corrected chi connectivity index (χ4v) is 4.73. The van der Waals surface area contributed by atoms with E-state index in [0.29, 0.717) is 35.0 Å². The summed E-state index contributed by atoms with van der Waals surface area (Å²) < 4.78 is 27.3. The molecule has 1 aromatic carbocycles. The molecule has 1 aliphatic rings. The Morgan fingerprint density at radius 3 is 2.08 bits per heavy atom. The van der Waals surface area contributed by atoms with Crippen molar-refractivity contribution < 1.29 is 8.42 Å². The van der Waals surface area contributed by atoms with E-state index in [-0.39, 0.29) is 10.9 Å². The number of hydrogen-bond acceptors (Lipinski definition) is 3. The summed E-state index contributed by atoms with van der Waals surface area (Å²) in [7, 11) is -3.62. The predicted octanol–water partition coefficient (Wildman–Crippen LogP) is 2.56. The zero-order chi connectivity index (χ0) is 17.7. The highest BCUT2D eigenvalue weighted by atomic mass is 35.5. The molecule has 0 radical (unpaired) electrons. The van der Waals surface area contributed by atoms with E-state index in [1.165, 1.54) is 18.2 Å². The van der Waals surface area contributed by atoms with Crippen molar-refractivity contribution in [1.82, 2.24) is 10.0 Å². The largest absolute Gasteiger partial charge is 0.370 e. The molecule has 1 saturated carbocycles. The SMILES string of the molecule is N=C(N)NC[C@H]1CC[C@H](CNS(=O)(=O)c2cc(Cl)cc(Cl)c2)CC1. The fourth-order valence-electron chi connectivity index (χ4n) is 2.89. The smallest absolute Gasteiger partial charge is 0.240 e. The first kappa shape index (κ1) is 19.3. The lowest BCUT2D eigenvalue weighted by molar-refractivity contribution is 0.275. The first-order valence-electron chi connectivity index (χ1n) is 7.80. The van der Waals surface area contributed by atoms with E-state index in [1.54, 1.807) is 0 Å². The van der Waals surface area contributed by atoms with Crippen LogP contribution in [0.4, 0.5) is 0 Å². The summed E-state index contributed by atoms with van der Waals surface area (Å²) in [6.07, 6.45) is 3.89. The summed E-state index contributed by atoms with van der Waals surface area (Å²) in [6.45, 7) is 1.11. The number of sulfonamides is 1. The Labute approximate surface area is 152 Å². The molecule has 0 saturated heterocycles. The number of hydrogen-bond donors (Lipinski definition) is 4. The van der Waals surface area contributed by atoms with Crippen LogP contribution in [0.25, 0.3) is 0 Å². The quantitative estimate of drug-likeness (QED) is 0.440. The lowest BCUT2D eigenvalue weighted by Gasteiger charge is -2.28. The topological polar surface area (TPSA) is 108 Å². The molecule has 6 nitrogen and oxygen atoms in total. The highest BCUT2D eigenvalue weighted by molar-refractivity contribution is 7.89. The van der Waals surface area contributed by atoms with Crippen LogP contribution in [0.5, 0.6) is 0 Å². The van der Waals surface area contributed by atoms with Gasteiger partial charge in [-0.15, -0.1) is 0 Å². The lowest BCUT2D eigenvalue weighted by atomic mass is 9.82. The molecular weight excluding hydrogens is 371 g/mol. The predicted molar refractivity (Wildman–Crippen MR) is 97.0 cm³/mol. The maximum Gasteiger partial charge on any atom is 0.240 e. The van der Waals surface area contributed by atoms with Crippen molar-refractivity contribution in [2.24, 2.45) is 17.6 Å². The van der Waals surface area contributed by atoms with Gasteiger partial charge in [0, 0.05) is 23.1 Å². The maximum atomic E-state index is 12.3. The molecule has 0 heterocycles. The first-order valence-corrected chi connectivity index (χ1v) is 10.0. The number of halogens is 2. The van der Waals surface area contributed by atoms with Gasteiger partial charge in [-0.2, -0.15) is 0 Å². The molecule has 1 aromatic rings. The van der Waals surface area contributed by atoms with Crippen molar-refractivity contribution in [1.29, 1.82) is 5.41 Å². The van der Waals surface area contributed by atoms with Crippen molar-refractivity contribution in [2.75, 3.05) is 13.1 Å². The second-order valence-corrected chi connectivity index (χ2v) is 8.78. The molecule has 0 spiro atoms. The molecule has 9 heteroatoms. The number of nitrogens with two attached hydrogens (primary N) is 1. The third kappa shape index (κ3) is 5.81. The zero-order valence-corrected chi connectivity index (χ0v) is 15.5. The van der Waals surface area contributed by atoms with Crippen LogP contribution in [0, 0.1) is 17.2 Å². The molecule has 0 aliphatic heterocycles. The zero-order valence-electron chi connectivity index (χ0n) is 13.2. The normalized spacial score (nSPS) is 21.4. The van der Waals surface area contributed by atoms with E-state index in [9.17, 15) is 8.42 Å². The highest BCUT2D eigenvalue weighted by Crippen LogP contribution is 2.28. The minimum Gasteiger partial charge on any atom is -0.370 e. The molecular formula is C15H22Cl2N4O2S. The second-order valence-electron chi connectivity index (χ2n) is 6.14. The van der Waals surface area contributed by atoms with Crippen LogP contribution in [0.2, 0.25) is 10.0 Å². The van der Waals surface area contributed by atoms with Crippen molar-refractivity contribution in [3.63, 3.8) is 0 Å². The molecule has 2 rings (SSSR count). The van der Waals surface area contributed by atoms with Crippen LogP contribution in [0.15, 0.2) is 23.1 Å². The standard InChI is InChI=1S/C15H22Cl2N4O2S/c16-12-5-13(17)7-14(6-12)24(22,23)21-9-11-3-1-10(2-4-11)8-20-15(18)19/h5-7,10-11,21H,1-4,8-9H2,(H4,18,19,20)/t10-,11-. The van der Waals surface area contributed by atoms with Gasteiger partial charge in [-0.1, -0.05) is 23.2 Å². The summed E-state index contributed by atoms with van der Waals surface area (Å²) >= 11 is 11.7. The average Bonchev–Trinajstić information content (AvgIpc) is 2.51. The lowest BCUT2D eigenvalue weighted by Crippen LogP contribution is -2.37. The summed E-state index contributed by atoms with van der Waals surface area (Å²) in [5.74, 6) is 0.779. The van der Waals surface area contributed by atoms with Crippen LogP contribution in [-0.4, -0.2) is 27.5 Å². The third-order valence-electron chi connectivity index (χ3n) is 4.26. The summed E-state index contributed by atoms with van der Waals surface area (Å²) in [4.78, 5) is 0.0827. The number of rotatable bonds is 6. The Morgan fingerprint density at radius 1 is 1.08 bits per heavy atom. The molecule has 5 N–H and O–H groups in total. The number of nitrogens with one attached hydrogen (secondary N) is 3. The van der Waals surface area contributed by atoms with Gasteiger partial charge >= 0.3 is 0 Å². The average molecular weight is 393 g/mol. The van der Waals surface area contributed by atoms with Gasteiger partial charge in [0.2, 0.25) is 10.0 Å². The third-order valence-corrected chi connectivity index (χ3v) is 6.10. The van der Waals surface area contributed by atoms with E-state index < -0.39 is 10.0 Å². The van der Waals surface area contributed by atoms with Crippen LogP contribution in [0.3, 0.4) is 0 Å². The number of benzene rings is 1. The van der Waals surface area contributed by atoms with E-state index in [4.69, 9.17) is 34.3 Å². The van der Waals surface area contributed by atoms with Crippen LogP contribution in [0.1, 0.15) is 25.7 Å². The Balaban J connectivity index is 1.84. The van der Waals surface area contributed by atoms with E-state index in [0.717, 1.165) is 25.7 Å². The molecule has 24 heavy (non-hydrogen) atoms. The Morgan fingerprint density at radius 2 is 1.58 bits per heavy atom. The minimum absolute atomic E-state index is 0.00920. The van der Waals surface area contributed by atoms with Gasteiger partial charge in [0.15, 0.2) is 5.96 Å². The van der Waals surface area contributed by atoms with Crippen molar-refractivity contribution in [3.8, 4) is 0 Å². The van der Waals surface area contributed by atoms with Crippen LogP contribution in [-0.2, 0) is 10.0 Å². The van der Waals surface area contributed by atoms with Gasteiger partial charge in [-0.25, -0.2) is 13.1 Å². The monoisotopic (exact) mass is 392 g/mol. The molecule has 0 amide bonds. The Kier molecular flexibility index (Phi) is 6.74. The molecule has 134 valence electrons. The van der Waals surface area contributed by atoms with Crippen LogP contribution >= 0.6 is 23.2 Å². The van der Waals surface area contributed by atoms with Gasteiger partial charge in [0.05, 0.1) is 4.90 Å². The minimum atomic E-state index is -3.62. The summed E-state index contributed by atoms with van der Waals surface area (Å²) in [6, 6.07) is 4.28. The van der Waals surface area contributed by atoms with Gasteiger partial charge in [-0.05, 0) is 55.7 Å². The highest BCUT2D eigenvalue weighted by Gasteiger charge is 2.23. The number of guanidine groups is 1. The Hall–Kier alpha value is -1.02. The molecule has 0 unspecified atom stereocenters. The maximum absolute atomic E-state index is 12.3. The summed E-state index contributed by atoms with van der Waals surface area (Å²) in [5, 5.41) is 10.6. The first-order chi connectivity index (χ1) is 11.3.